The fourth-order valence-electron chi connectivity index (χ4n) is 5.59. The van der Waals surface area contributed by atoms with Crippen molar-refractivity contribution in [1.82, 2.24) is 14.8 Å². The van der Waals surface area contributed by atoms with E-state index >= 15 is 0 Å². The van der Waals surface area contributed by atoms with Crippen LogP contribution in [-0.4, -0.2) is 52.1 Å². The molecule has 0 radical (unpaired) electrons. The summed E-state index contributed by atoms with van der Waals surface area (Å²) in [5, 5.41) is 3.33. The van der Waals surface area contributed by atoms with Crippen LogP contribution in [0.1, 0.15) is 74.7 Å². The standard InChI is InChI=1S/C25H35N3O3S/c1-4-19-12-20-22(32-19)13-21-23(29)28(14-18-6-5-11-31-18)25(3,15-27(20)21)24(30)26-17-9-7-16(2)8-10-17/h12-13,16-18H,4-11,14-15H2,1-3H3,(H,26,30). The highest BCUT2D eigenvalue weighted by Crippen LogP contribution is 2.37. The lowest BCUT2D eigenvalue weighted by molar-refractivity contribution is -0.134. The summed E-state index contributed by atoms with van der Waals surface area (Å²) < 4.78 is 9.09. The van der Waals surface area contributed by atoms with E-state index in [9.17, 15) is 9.59 Å². The van der Waals surface area contributed by atoms with Crippen LogP contribution in [0.3, 0.4) is 0 Å². The van der Waals surface area contributed by atoms with Crippen LogP contribution >= 0.6 is 11.3 Å². The number of aromatic nitrogens is 1. The van der Waals surface area contributed by atoms with E-state index in [1.807, 2.05) is 17.9 Å². The van der Waals surface area contributed by atoms with Crippen LogP contribution in [0.5, 0.6) is 0 Å². The van der Waals surface area contributed by atoms with Crippen LogP contribution in [0.2, 0.25) is 0 Å². The van der Waals surface area contributed by atoms with Crippen molar-refractivity contribution in [3.05, 3.63) is 22.7 Å². The second-order valence-corrected chi connectivity index (χ2v) is 11.4. The molecule has 1 saturated carbocycles. The molecule has 6 nitrogen and oxygen atoms in total. The number of thiophene rings is 1. The lowest BCUT2D eigenvalue weighted by Crippen LogP contribution is -2.66. The SMILES string of the molecule is CCc1cc2c(cc3n2CC(C)(C(=O)NC2CCC(C)CC2)N(CC2CCCO2)C3=O)s1. The molecule has 0 bridgehead atoms. The fraction of sp³-hybridized carbons (Fsp3) is 0.680. The van der Waals surface area contributed by atoms with Gasteiger partial charge in [0, 0.05) is 24.1 Å². The first-order valence-electron chi connectivity index (χ1n) is 12.3. The molecule has 2 aromatic rings. The first-order chi connectivity index (χ1) is 15.4. The van der Waals surface area contributed by atoms with Gasteiger partial charge in [-0.3, -0.25) is 9.59 Å². The number of fused-ring (bicyclic) bond motifs is 3. The molecule has 1 aliphatic carbocycles. The van der Waals surface area contributed by atoms with Gasteiger partial charge in [0.2, 0.25) is 5.91 Å². The van der Waals surface area contributed by atoms with E-state index in [2.05, 4.69) is 29.8 Å². The molecule has 2 amide bonds. The Bertz CT molecular complexity index is 1010. The Kier molecular flexibility index (Phi) is 5.82. The molecule has 174 valence electrons. The number of nitrogens with one attached hydrogen (secondary N) is 1. The van der Waals surface area contributed by atoms with Crippen molar-refractivity contribution in [2.24, 2.45) is 5.92 Å². The lowest BCUT2D eigenvalue weighted by Gasteiger charge is -2.45. The maximum atomic E-state index is 13.8. The van der Waals surface area contributed by atoms with Crippen molar-refractivity contribution in [3.63, 3.8) is 0 Å². The van der Waals surface area contributed by atoms with E-state index < -0.39 is 5.54 Å². The molecule has 2 aliphatic heterocycles. The van der Waals surface area contributed by atoms with Gasteiger partial charge in [0.15, 0.2) is 0 Å². The summed E-state index contributed by atoms with van der Waals surface area (Å²) in [5.74, 6) is 0.651. The molecule has 7 heteroatoms. The molecule has 2 unspecified atom stereocenters. The van der Waals surface area contributed by atoms with Gasteiger partial charge in [0.1, 0.15) is 11.2 Å². The molecule has 32 heavy (non-hydrogen) atoms. The smallest absolute Gasteiger partial charge is 0.271 e. The van der Waals surface area contributed by atoms with Crippen molar-refractivity contribution in [2.75, 3.05) is 13.2 Å². The molecule has 1 N–H and O–H groups in total. The van der Waals surface area contributed by atoms with Gasteiger partial charge in [-0.1, -0.05) is 13.8 Å². The number of carbonyl (C=O) groups is 2. The van der Waals surface area contributed by atoms with Crippen LogP contribution < -0.4 is 5.32 Å². The fourth-order valence-corrected chi connectivity index (χ4v) is 6.63. The van der Waals surface area contributed by atoms with Crippen LogP contribution in [0.15, 0.2) is 12.1 Å². The van der Waals surface area contributed by atoms with Gasteiger partial charge in [-0.05, 0) is 69.9 Å². The second-order valence-electron chi connectivity index (χ2n) is 10.2. The molecule has 2 atom stereocenters. The highest BCUT2D eigenvalue weighted by atomic mass is 32.1. The van der Waals surface area contributed by atoms with E-state index in [1.54, 1.807) is 11.3 Å². The van der Waals surface area contributed by atoms with E-state index in [4.69, 9.17) is 4.74 Å². The third-order valence-corrected chi connectivity index (χ3v) is 8.98. The zero-order chi connectivity index (χ0) is 22.5. The van der Waals surface area contributed by atoms with E-state index in [-0.39, 0.29) is 24.0 Å². The summed E-state index contributed by atoms with van der Waals surface area (Å²) in [6.07, 6.45) is 7.29. The summed E-state index contributed by atoms with van der Waals surface area (Å²) >= 11 is 1.75. The minimum Gasteiger partial charge on any atom is -0.376 e. The Morgan fingerprint density at radius 2 is 2.03 bits per heavy atom. The van der Waals surface area contributed by atoms with Crippen molar-refractivity contribution < 1.29 is 14.3 Å². The number of rotatable bonds is 5. The van der Waals surface area contributed by atoms with Gasteiger partial charge in [-0.15, -0.1) is 11.3 Å². The number of aryl methyl sites for hydroxylation is 1. The number of hydrogen-bond donors (Lipinski definition) is 1. The number of hydrogen-bond acceptors (Lipinski definition) is 4. The number of ether oxygens (including phenoxy) is 1. The van der Waals surface area contributed by atoms with Crippen LogP contribution in [0.25, 0.3) is 10.2 Å². The molecule has 5 rings (SSSR count). The summed E-state index contributed by atoms with van der Waals surface area (Å²) in [6.45, 7) is 8.08. The Hall–Kier alpha value is -1.86. The summed E-state index contributed by atoms with van der Waals surface area (Å²) in [7, 11) is 0. The second kappa shape index (κ2) is 8.49. The van der Waals surface area contributed by atoms with Gasteiger partial charge in [-0.2, -0.15) is 0 Å². The van der Waals surface area contributed by atoms with Gasteiger partial charge >= 0.3 is 0 Å². The number of nitrogens with zero attached hydrogens (tertiary/aromatic N) is 2. The topological polar surface area (TPSA) is 63.6 Å². The average molecular weight is 458 g/mol. The van der Waals surface area contributed by atoms with E-state index in [1.165, 1.54) is 4.88 Å². The van der Waals surface area contributed by atoms with Crippen LogP contribution in [0, 0.1) is 5.92 Å². The van der Waals surface area contributed by atoms with E-state index in [0.29, 0.717) is 18.8 Å². The highest BCUT2D eigenvalue weighted by Gasteiger charge is 2.49. The Morgan fingerprint density at radius 3 is 2.72 bits per heavy atom. The molecule has 2 aromatic heterocycles. The van der Waals surface area contributed by atoms with E-state index in [0.717, 1.165) is 67.7 Å². The third-order valence-electron chi connectivity index (χ3n) is 7.77. The summed E-state index contributed by atoms with van der Waals surface area (Å²) in [6, 6.07) is 4.41. The monoisotopic (exact) mass is 457 g/mol. The number of carbonyl (C=O) groups excluding carboxylic acids is 2. The van der Waals surface area contributed by atoms with Gasteiger partial charge < -0.3 is 19.5 Å². The normalized spacial score (nSPS) is 30.7. The first-order valence-corrected chi connectivity index (χ1v) is 13.1. The van der Waals surface area contributed by atoms with Crippen LogP contribution in [-0.2, 0) is 22.5 Å². The Labute approximate surface area is 194 Å². The molecular formula is C25H35N3O3S. The molecular weight excluding hydrogens is 422 g/mol. The zero-order valence-corrected chi connectivity index (χ0v) is 20.3. The Morgan fingerprint density at radius 1 is 1.25 bits per heavy atom. The van der Waals surface area contributed by atoms with Crippen molar-refractivity contribution in [3.8, 4) is 0 Å². The molecule has 2 fully saturated rings. The molecule has 1 saturated heterocycles. The van der Waals surface area contributed by atoms with Gasteiger partial charge in [-0.25, -0.2) is 0 Å². The predicted molar refractivity (Wildman–Crippen MR) is 127 cm³/mol. The highest BCUT2D eigenvalue weighted by molar-refractivity contribution is 7.19. The average Bonchev–Trinajstić information content (AvgIpc) is 3.50. The van der Waals surface area contributed by atoms with Crippen molar-refractivity contribution >= 4 is 33.4 Å². The van der Waals surface area contributed by atoms with Crippen molar-refractivity contribution in [2.45, 2.75) is 89.9 Å². The lowest BCUT2D eigenvalue weighted by atomic mass is 9.86. The molecule has 0 spiro atoms. The predicted octanol–water partition coefficient (Wildman–Crippen LogP) is 4.35. The van der Waals surface area contributed by atoms with Gasteiger partial charge in [0.05, 0.1) is 22.9 Å². The van der Waals surface area contributed by atoms with Gasteiger partial charge in [0.25, 0.3) is 5.91 Å². The largest absolute Gasteiger partial charge is 0.376 e. The van der Waals surface area contributed by atoms with Crippen LogP contribution in [0.4, 0.5) is 0 Å². The molecule has 3 aliphatic rings. The third kappa shape index (κ3) is 3.77. The Balaban J connectivity index is 1.48. The zero-order valence-electron chi connectivity index (χ0n) is 19.5. The van der Waals surface area contributed by atoms with Crippen molar-refractivity contribution in [1.29, 1.82) is 0 Å². The first kappa shape index (κ1) is 22.0. The summed E-state index contributed by atoms with van der Waals surface area (Å²) in [4.78, 5) is 30.6. The summed E-state index contributed by atoms with van der Waals surface area (Å²) in [5.41, 5.74) is 0.848. The maximum Gasteiger partial charge on any atom is 0.271 e. The maximum absolute atomic E-state index is 13.8. The molecule has 0 aromatic carbocycles. The minimum absolute atomic E-state index is 0.0101. The quantitative estimate of drug-likeness (QED) is 0.726. The molecule has 4 heterocycles. The number of amides is 2. The minimum atomic E-state index is -0.931.